The first-order chi connectivity index (χ1) is 10.8. The first-order valence-electron chi connectivity index (χ1n) is 8.13. The Hall–Kier alpha value is -1.81. The number of rotatable bonds is 4. The van der Waals surface area contributed by atoms with Crippen molar-refractivity contribution in [3.8, 4) is 5.75 Å². The molecule has 1 N–H and O–H groups in total. The summed E-state index contributed by atoms with van der Waals surface area (Å²) in [6.45, 7) is 3.49. The van der Waals surface area contributed by atoms with E-state index < -0.39 is 0 Å². The number of benzene rings is 1. The second-order valence-corrected chi connectivity index (χ2v) is 6.15. The third-order valence-corrected chi connectivity index (χ3v) is 4.46. The van der Waals surface area contributed by atoms with Crippen LogP contribution in [-0.4, -0.2) is 44.1 Å². The highest BCUT2D eigenvalue weighted by Gasteiger charge is 2.21. The van der Waals surface area contributed by atoms with Crippen molar-refractivity contribution in [2.24, 2.45) is 5.92 Å². The Balaban J connectivity index is 1.61. The minimum atomic E-state index is 0.123. The molecule has 0 bridgehead atoms. The van der Waals surface area contributed by atoms with Crippen LogP contribution in [0.2, 0.25) is 0 Å². The van der Waals surface area contributed by atoms with Gasteiger partial charge in [-0.2, -0.15) is 0 Å². The maximum atomic E-state index is 12.3. The molecule has 2 aliphatic heterocycles. The minimum absolute atomic E-state index is 0.123. The fourth-order valence-corrected chi connectivity index (χ4v) is 3.30. The molecule has 4 heteroatoms. The number of likely N-dealkylation sites (tertiary alicyclic amines) is 1. The maximum Gasteiger partial charge on any atom is 0.246 e. The summed E-state index contributed by atoms with van der Waals surface area (Å²) in [6, 6.07) is 6.12. The summed E-state index contributed by atoms with van der Waals surface area (Å²) in [7, 11) is 1.97. The molecule has 2 heterocycles. The molecule has 3 rings (SSSR count). The highest BCUT2D eigenvalue weighted by Crippen LogP contribution is 2.26. The molecule has 22 heavy (non-hydrogen) atoms. The molecular formula is C18H24N2O2. The number of hydrogen-bond donors (Lipinski definition) is 1. The molecule has 1 aromatic carbocycles. The Kier molecular flexibility index (Phi) is 4.78. The van der Waals surface area contributed by atoms with Gasteiger partial charge in [-0.05, 0) is 61.7 Å². The average Bonchev–Trinajstić information content (AvgIpc) is 3.01. The predicted octanol–water partition coefficient (Wildman–Crippen LogP) is 2.09. The van der Waals surface area contributed by atoms with Crippen LogP contribution < -0.4 is 10.1 Å². The van der Waals surface area contributed by atoms with Crippen molar-refractivity contribution in [1.82, 2.24) is 10.2 Å². The Labute approximate surface area is 132 Å². The number of nitrogens with one attached hydrogen (secondary N) is 1. The third kappa shape index (κ3) is 3.50. The van der Waals surface area contributed by atoms with Crippen molar-refractivity contribution in [3.05, 3.63) is 35.4 Å². The Morgan fingerprint density at radius 1 is 1.50 bits per heavy atom. The van der Waals surface area contributed by atoms with Gasteiger partial charge in [0.25, 0.3) is 0 Å². The molecule has 118 valence electrons. The summed E-state index contributed by atoms with van der Waals surface area (Å²) < 4.78 is 5.50. The van der Waals surface area contributed by atoms with Gasteiger partial charge in [-0.15, -0.1) is 0 Å². The molecule has 1 amide bonds. The zero-order chi connectivity index (χ0) is 15.4. The molecule has 0 aliphatic carbocycles. The second kappa shape index (κ2) is 6.97. The van der Waals surface area contributed by atoms with Crippen molar-refractivity contribution in [2.45, 2.75) is 19.3 Å². The standard InChI is InChI=1S/C18H24N2O2/c1-19-12-15-3-2-9-20(13-15)18(21)7-5-14-4-6-17-16(11-14)8-10-22-17/h4-7,11,15,19H,2-3,8-10,12-13H2,1H3/b7-5+. The van der Waals surface area contributed by atoms with Crippen LogP contribution >= 0.6 is 0 Å². The van der Waals surface area contributed by atoms with Gasteiger partial charge in [-0.25, -0.2) is 0 Å². The van der Waals surface area contributed by atoms with E-state index in [9.17, 15) is 4.79 Å². The largest absolute Gasteiger partial charge is 0.493 e. The molecule has 1 fully saturated rings. The van der Waals surface area contributed by atoms with E-state index in [1.807, 2.05) is 30.2 Å². The van der Waals surface area contributed by atoms with Crippen LogP contribution in [0.15, 0.2) is 24.3 Å². The van der Waals surface area contributed by atoms with Gasteiger partial charge in [-0.1, -0.05) is 6.07 Å². The lowest BCUT2D eigenvalue weighted by molar-refractivity contribution is -0.127. The second-order valence-electron chi connectivity index (χ2n) is 6.15. The molecule has 1 atom stereocenters. The summed E-state index contributed by atoms with van der Waals surface area (Å²) in [5, 5.41) is 3.21. The monoisotopic (exact) mass is 300 g/mol. The maximum absolute atomic E-state index is 12.3. The van der Waals surface area contributed by atoms with E-state index in [4.69, 9.17) is 4.74 Å². The van der Waals surface area contributed by atoms with Crippen LogP contribution in [0.3, 0.4) is 0 Å². The van der Waals surface area contributed by atoms with Crippen LogP contribution in [0, 0.1) is 5.92 Å². The Morgan fingerprint density at radius 2 is 2.41 bits per heavy atom. The molecule has 0 saturated carbocycles. The molecule has 4 nitrogen and oxygen atoms in total. The topological polar surface area (TPSA) is 41.6 Å². The van der Waals surface area contributed by atoms with Gasteiger partial charge < -0.3 is 15.0 Å². The smallest absolute Gasteiger partial charge is 0.246 e. The summed E-state index contributed by atoms with van der Waals surface area (Å²) in [4.78, 5) is 14.3. The molecule has 0 radical (unpaired) electrons. The lowest BCUT2D eigenvalue weighted by Gasteiger charge is -2.32. The molecular weight excluding hydrogens is 276 g/mol. The predicted molar refractivity (Wildman–Crippen MR) is 87.9 cm³/mol. The highest BCUT2D eigenvalue weighted by atomic mass is 16.5. The van der Waals surface area contributed by atoms with Gasteiger partial charge in [0.1, 0.15) is 5.75 Å². The van der Waals surface area contributed by atoms with Gasteiger partial charge >= 0.3 is 0 Å². The van der Waals surface area contributed by atoms with Crippen molar-refractivity contribution in [1.29, 1.82) is 0 Å². The molecule has 2 aliphatic rings. The van der Waals surface area contributed by atoms with E-state index in [2.05, 4.69) is 11.4 Å². The molecule has 0 aromatic heterocycles. The van der Waals surface area contributed by atoms with E-state index in [0.717, 1.165) is 50.4 Å². The van der Waals surface area contributed by atoms with Crippen LogP contribution in [0.5, 0.6) is 5.75 Å². The number of amides is 1. The fraction of sp³-hybridized carbons (Fsp3) is 0.500. The SMILES string of the molecule is CNCC1CCCN(C(=O)/C=C/c2ccc3c(c2)CCO3)C1. The van der Waals surface area contributed by atoms with E-state index in [-0.39, 0.29) is 5.91 Å². The van der Waals surface area contributed by atoms with Crippen molar-refractivity contribution >= 4 is 12.0 Å². The van der Waals surface area contributed by atoms with Gasteiger partial charge in [0.15, 0.2) is 0 Å². The number of hydrogen-bond acceptors (Lipinski definition) is 3. The van der Waals surface area contributed by atoms with Gasteiger partial charge in [0, 0.05) is 25.6 Å². The minimum Gasteiger partial charge on any atom is -0.493 e. The van der Waals surface area contributed by atoms with Crippen molar-refractivity contribution in [2.75, 3.05) is 33.3 Å². The van der Waals surface area contributed by atoms with Gasteiger partial charge in [0.2, 0.25) is 5.91 Å². The number of nitrogens with zero attached hydrogens (tertiary/aromatic N) is 1. The van der Waals surface area contributed by atoms with Crippen LogP contribution in [0.4, 0.5) is 0 Å². The fourth-order valence-electron chi connectivity index (χ4n) is 3.30. The number of ether oxygens (including phenoxy) is 1. The van der Waals surface area contributed by atoms with Crippen LogP contribution in [0.1, 0.15) is 24.0 Å². The van der Waals surface area contributed by atoms with Gasteiger partial charge in [0.05, 0.1) is 6.61 Å². The quantitative estimate of drug-likeness (QED) is 0.866. The lowest BCUT2D eigenvalue weighted by atomic mass is 9.98. The highest BCUT2D eigenvalue weighted by molar-refractivity contribution is 5.91. The van der Waals surface area contributed by atoms with Crippen LogP contribution in [0.25, 0.3) is 6.08 Å². The Bertz CT molecular complexity index is 566. The van der Waals surface area contributed by atoms with E-state index in [0.29, 0.717) is 5.92 Å². The summed E-state index contributed by atoms with van der Waals surface area (Å²) in [5.74, 6) is 1.68. The normalized spacial score (nSPS) is 21.0. The zero-order valence-electron chi connectivity index (χ0n) is 13.2. The number of fused-ring (bicyclic) bond motifs is 1. The Morgan fingerprint density at radius 3 is 3.27 bits per heavy atom. The number of carbonyl (C=O) groups excluding carboxylic acids is 1. The van der Waals surface area contributed by atoms with E-state index >= 15 is 0 Å². The molecule has 1 aromatic rings. The van der Waals surface area contributed by atoms with Crippen LogP contribution in [-0.2, 0) is 11.2 Å². The lowest BCUT2D eigenvalue weighted by Crippen LogP contribution is -2.41. The number of carbonyl (C=O) groups is 1. The van der Waals surface area contributed by atoms with Crippen molar-refractivity contribution < 1.29 is 9.53 Å². The average molecular weight is 300 g/mol. The zero-order valence-corrected chi connectivity index (χ0v) is 13.2. The first kappa shape index (κ1) is 15.1. The summed E-state index contributed by atoms with van der Waals surface area (Å²) in [6.07, 6.45) is 6.89. The van der Waals surface area contributed by atoms with Gasteiger partial charge in [-0.3, -0.25) is 4.79 Å². The summed E-state index contributed by atoms with van der Waals surface area (Å²) in [5.41, 5.74) is 2.31. The number of piperidine rings is 1. The van der Waals surface area contributed by atoms with E-state index in [1.54, 1.807) is 6.08 Å². The first-order valence-corrected chi connectivity index (χ1v) is 8.13. The van der Waals surface area contributed by atoms with E-state index in [1.165, 1.54) is 12.0 Å². The molecule has 1 unspecified atom stereocenters. The van der Waals surface area contributed by atoms with Crippen molar-refractivity contribution in [3.63, 3.8) is 0 Å². The molecule has 0 spiro atoms. The summed E-state index contributed by atoms with van der Waals surface area (Å²) >= 11 is 0. The molecule has 1 saturated heterocycles. The third-order valence-electron chi connectivity index (χ3n) is 4.46.